The number of hydrogen-bond acceptors (Lipinski definition) is 8. The fraction of sp³-hybridized carbons (Fsp3) is 0.385. The molecule has 0 saturated heterocycles. The van der Waals surface area contributed by atoms with Crippen molar-refractivity contribution < 1.29 is 19.2 Å². The summed E-state index contributed by atoms with van der Waals surface area (Å²) in [5.74, 6) is 2.13. The lowest BCUT2D eigenvalue weighted by Crippen LogP contribution is -2.34. The molecule has 0 unspecified atom stereocenters. The van der Waals surface area contributed by atoms with Gasteiger partial charge in [-0.3, -0.25) is 20.2 Å². The Balaban J connectivity index is 1.48. The van der Waals surface area contributed by atoms with Crippen LogP contribution in [0.2, 0.25) is 0 Å². The van der Waals surface area contributed by atoms with Crippen molar-refractivity contribution in [3.8, 4) is 0 Å². The number of urea groups is 2. The molecule has 4 N–H and O–H groups in total. The number of rotatable bonds is 13. The monoisotopic (exact) mass is 560 g/mol. The van der Waals surface area contributed by atoms with Gasteiger partial charge in [0.05, 0.1) is 0 Å². The second-order valence-corrected chi connectivity index (χ2v) is 11.1. The van der Waals surface area contributed by atoms with Gasteiger partial charge in [0.1, 0.15) is 0 Å². The van der Waals surface area contributed by atoms with Crippen LogP contribution in [0.3, 0.4) is 0 Å². The van der Waals surface area contributed by atoms with Crippen LogP contribution in [0, 0.1) is 0 Å². The van der Waals surface area contributed by atoms with Crippen LogP contribution in [0.5, 0.6) is 0 Å². The normalized spacial score (nSPS) is 10.3. The van der Waals surface area contributed by atoms with Gasteiger partial charge in [-0.2, -0.15) is 23.5 Å². The van der Waals surface area contributed by atoms with Gasteiger partial charge < -0.3 is 20.4 Å². The molecule has 0 fully saturated rings. The fourth-order valence-corrected chi connectivity index (χ4v) is 5.05. The van der Waals surface area contributed by atoms with Gasteiger partial charge in [-0.05, 0) is 48.5 Å². The number of hydrogen-bond donors (Lipinski definition) is 4. The van der Waals surface area contributed by atoms with E-state index in [1.807, 2.05) is 62.3 Å². The largest absolute Gasteiger partial charge is 0.378 e. The van der Waals surface area contributed by atoms with E-state index in [4.69, 9.17) is 0 Å². The summed E-state index contributed by atoms with van der Waals surface area (Å²) < 4.78 is 0. The summed E-state index contributed by atoms with van der Waals surface area (Å²) in [4.78, 5) is 51.8. The Morgan fingerprint density at radius 1 is 0.579 bits per heavy atom. The highest BCUT2D eigenvalue weighted by atomic mass is 32.2. The van der Waals surface area contributed by atoms with E-state index in [0.29, 0.717) is 22.9 Å². The molecule has 0 aliphatic rings. The van der Waals surface area contributed by atoms with Crippen LogP contribution in [-0.2, 0) is 9.59 Å². The summed E-state index contributed by atoms with van der Waals surface area (Å²) in [6.07, 6.45) is 0.468. The molecular weight excluding hydrogens is 524 g/mol. The lowest BCUT2D eigenvalue weighted by Gasteiger charge is -2.13. The molecule has 0 heterocycles. The summed E-state index contributed by atoms with van der Waals surface area (Å²) in [6, 6.07) is 13.5. The predicted molar refractivity (Wildman–Crippen MR) is 160 cm³/mol. The topological polar surface area (TPSA) is 123 Å². The number of anilines is 4. The van der Waals surface area contributed by atoms with Crippen molar-refractivity contribution in [2.75, 3.05) is 71.6 Å². The van der Waals surface area contributed by atoms with Gasteiger partial charge in [-0.15, -0.1) is 0 Å². The van der Waals surface area contributed by atoms with E-state index in [1.54, 1.807) is 47.8 Å². The lowest BCUT2D eigenvalue weighted by molar-refractivity contribution is -0.120. The van der Waals surface area contributed by atoms with Crippen molar-refractivity contribution in [1.82, 2.24) is 10.6 Å². The lowest BCUT2D eigenvalue weighted by atomic mass is 10.2. The van der Waals surface area contributed by atoms with Gasteiger partial charge in [-0.1, -0.05) is 0 Å². The fourth-order valence-electron chi connectivity index (χ4n) is 3.04. The predicted octanol–water partition coefficient (Wildman–Crippen LogP) is 4.06. The first-order valence-electron chi connectivity index (χ1n) is 12.1. The van der Waals surface area contributed by atoms with Crippen LogP contribution >= 0.6 is 23.5 Å². The van der Waals surface area contributed by atoms with Crippen LogP contribution in [0.4, 0.5) is 32.3 Å². The van der Waals surface area contributed by atoms with Crippen LogP contribution in [0.15, 0.2) is 48.5 Å². The Labute approximate surface area is 232 Å². The van der Waals surface area contributed by atoms with E-state index >= 15 is 0 Å². The first-order valence-corrected chi connectivity index (χ1v) is 14.4. The number of nitrogens with zero attached hydrogens (tertiary/aromatic N) is 2. The summed E-state index contributed by atoms with van der Waals surface area (Å²) in [6.45, 7) is 0. The van der Waals surface area contributed by atoms with Crippen LogP contribution in [-0.4, -0.2) is 75.1 Å². The van der Waals surface area contributed by atoms with Crippen molar-refractivity contribution >= 4 is 70.1 Å². The molecule has 10 nitrogen and oxygen atoms in total. The number of benzene rings is 2. The van der Waals surface area contributed by atoms with E-state index < -0.39 is 12.1 Å². The van der Waals surface area contributed by atoms with Gasteiger partial charge >= 0.3 is 12.1 Å². The molecule has 38 heavy (non-hydrogen) atoms. The molecule has 0 spiro atoms. The van der Waals surface area contributed by atoms with E-state index in [2.05, 4.69) is 21.3 Å². The first-order chi connectivity index (χ1) is 18.1. The number of amides is 6. The molecule has 6 amide bonds. The minimum Gasteiger partial charge on any atom is -0.378 e. The summed E-state index contributed by atoms with van der Waals surface area (Å²) in [5.41, 5.74) is 3.24. The molecule has 2 rings (SSSR count). The quantitative estimate of drug-likeness (QED) is 0.271. The number of carbonyl (C=O) groups excluding carboxylic acids is 4. The second-order valence-electron chi connectivity index (χ2n) is 8.61. The Bertz CT molecular complexity index is 977. The van der Waals surface area contributed by atoms with Crippen molar-refractivity contribution in [2.24, 2.45) is 0 Å². The average Bonchev–Trinajstić information content (AvgIpc) is 2.86. The van der Waals surface area contributed by atoms with Gasteiger partial charge in [0.25, 0.3) is 0 Å². The zero-order valence-electron chi connectivity index (χ0n) is 22.2. The Kier molecular flexibility index (Phi) is 13.4. The number of nitrogens with one attached hydrogen (secondary N) is 4. The summed E-state index contributed by atoms with van der Waals surface area (Å²) >= 11 is 3.21. The maximum Gasteiger partial charge on any atom is 0.325 e. The molecule has 2 aromatic rings. The molecule has 0 saturated carbocycles. The smallest absolute Gasteiger partial charge is 0.325 e. The number of carbonyl (C=O) groups is 4. The van der Waals surface area contributed by atoms with E-state index in [1.165, 1.54) is 0 Å². The molecule has 0 aliphatic heterocycles. The van der Waals surface area contributed by atoms with Gasteiger partial charge in [0.15, 0.2) is 0 Å². The third-order valence-electron chi connectivity index (χ3n) is 5.11. The summed E-state index contributed by atoms with van der Waals surface area (Å²) in [5, 5.41) is 9.95. The average molecular weight is 561 g/mol. The van der Waals surface area contributed by atoms with Crippen molar-refractivity contribution in [1.29, 1.82) is 0 Å². The van der Waals surface area contributed by atoms with Crippen molar-refractivity contribution in [2.45, 2.75) is 12.8 Å². The van der Waals surface area contributed by atoms with Crippen LogP contribution in [0.25, 0.3) is 0 Å². The molecule has 0 atom stereocenters. The molecule has 206 valence electrons. The van der Waals surface area contributed by atoms with E-state index in [-0.39, 0.29) is 24.7 Å². The SMILES string of the molecule is CN(C)c1ccc(NC(=O)NC(=O)CCSCCSCCC(=O)NC(=O)Nc2ccc(N(C)C)cc2)cc1. The zero-order chi connectivity index (χ0) is 27.9. The highest BCUT2D eigenvalue weighted by Gasteiger charge is 2.10. The molecule has 0 aromatic heterocycles. The zero-order valence-corrected chi connectivity index (χ0v) is 23.8. The number of imide groups is 2. The van der Waals surface area contributed by atoms with Gasteiger partial charge in [0, 0.05) is 86.8 Å². The highest BCUT2D eigenvalue weighted by Crippen LogP contribution is 2.16. The third kappa shape index (κ3) is 12.2. The van der Waals surface area contributed by atoms with E-state index in [0.717, 1.165) is 22.9 Å². The molecule has 0 aliphatic carbocycles. The Hall–Kier alpha value is -3.38. The third-order valence-corrected chi connectivity index (χ3v) is 7.34. The molecule has 0 radical (unpaired) electrons. The maximum absolute atomic E-state index is 12.0. The number of thioether (sulfide) groups is 2. The minimum absolute atomic E-state index is 0.234. The van der Waals surface area contributed by atoms with Crippen LogP contribution < -0.4 is 31.1 Å². The highest BCUT2D eigenvalue weighted by molar-refractivity contribution is 8.02. The molecule has 0 bridgehead atoms. The molecule has 2 aromatic carbocycles. The second kappa shape index (κ2) is 16.5. The standard InChI is InChI=1S/C26H36N6O4S2/c1-31(2)21-9-5-19(6-10-21)27-25(35)29-23(33)13-15-37-17-18-38-16-14-24(34)30-26(36)28-20-7-11-22(12-8-20)32(3)4/h5-12H,13-18H2,1-4H3,(H2,27,29,33,35)(H2,28,30,34,36). The molecular formula is C26H36N6O4S2. The Morgan fingerprint density at radius 2 is 0.921 bits per heavy atom. The maximum atomic E-state index is 12.0. The van der Waals surface area contributed by atoms with E-state index in [9.17, 15) is 19.2 Å². The molecule has 12 heteroatoms. The summed E-state index contributed by atoms with van der Waals surface area (Å²) in [7, 11) is 7.72. The van der Waals surface area contributed by atoms with Gasteiger partial charge in [-0.25, -0.2) is 9.59 Å². The van der Waals surface area contributed by atoms with Crippen LogP contribution in [0.1, 0.15) is 12.8 Å². The van der Waals surface area contributed by atoms with Crippen molar-refractivity contribution in [3.05, 3.63) is 48.5 Å². The Morgan fingerprint density at radius 3 is 1.24 bits per heavy atom. The van der Waals surface area contributed by atoms with Gasteiger partial charge in [0.2, 0.25) is 11.8 Å². The first kappa shape index (κ1) is 30.8. The van der Waals surface area contributed by atoms with Crippen molar-refractivity contribution in [3.63, 3.8) is 0 Å². The minimum atomic E-state index is -0.553.